The fraction of sp³-hybridized carbons (Fsp3) is 0.234. The molecule has 1 saturated heterocycles. The summed E-state index contributed by atoms with van der Waals surface area (Å²) in [5, 5.41) is 2.48. The molecule has 4 aromatic carbocycles. The van der Waals surface area contributed by atoms with Crippen LogP contribution in [0.2, 0.25) is 0 Å². The minimum Gasteiger partial charge on any atom is -0.477 e. The third kappa shape index (κ3) is 11.5. The first kappa shape index (κ1) is 52.5. The molecule has 0 unspecified atom stereocenters. The van der Waals surface area contributed by atoms with Crippen LogP contribution in [-0.2, 0) is 70.7 Å². The van der Waals surface area contributed by atoms with Crippen LogP contribution in [0, 0.1) is 25.5 Å². The Morgan fingerprint density at radius 2 is 1.03 bits per heavy atom. The number of halogens is 3. The fourth-order valence-corrected chi connectivity index (χ4v) is 7.86. The normalized spacial score (nSPS) is 14.2. The second-order valence-corrected chi connectivity index (χ2v) is 16.3. The van der Waals surface area contributed by atoms with Gasteiger partial charge in [-0.25, -0.2) is 24.7 Å². The molecule has 0 atom stereocenters. The summed E-state index contributed by atoms with van der Waals surface area (Å²) in [6.45, 7) is 16.0. The standard InChI is InChI=1S/C21H19BrN4.C21H20N4.C5H7BrN2O2.BrH.2Ir/c1-3-15-5-8-17(9-6-15)25-14-26(21-20(25)23-11-12-24-21)18-10-7-16(4-2)19(22)13-18;1-3-16-5-9-18(10-6-16)24-15-25(21-20(24)22-13-14-23-21)19-11-7-17(4-2)8-12-19;1-5(2)3(9)8(6)4(10)7-5;;;/h5-9,11-14H,3-4H2,1-2H3;5-11,13-15H,3-4H2,1-2H3;1-2H3,(H,7,10);1H;;/q2*-2;;;;. The Kier molecular flexibility index (Phi) is 19.2. The first-order chi connectivity index (χ1) is 29.5. The first-order valence-electron chi connectivity index (χ1n) is 20.2. The number of carbonyl (C=O) groups is 2. The van der Waals surface area contributed by atoms with E-state index in [0.717, 1.165) is 80.1 Å². The summed E-state index contributed by atoms with van der Waals surface area (Å²) in [7, 11) is 0. The quantitative estimate of drug-likeness (QED) is 0.0898. The number of nitrogens with one attached hydrogen (secondary N) is 1. The molecule has 1 fully saturated rings. The molecular weight excluding hydrogens is 1360 g/mol. The smallest absolute Gasteiger partial charge is 0.335 e. The van der Waals surface area contributed by atoms with Gasteiger partial charge in [-0.1, -0.05) is 85.2 Å². The van der Waals surface area contributed by atoms with Crippen LogP contribution in [0.5, 0.6) is 0 Å². The van der Waals surface area contributed by atoms with Crippen LogP contribution in [0.25, 0.3) is 0 Å². The molecule has 3 amide bonds. The van der Waals surface area contributed by atoms with Crippen molar-refractivity contribution in [3.05, 3.63) is 156 Å². The number of amides is 3. The van der Waals surface area contributed by atoms with Crippen molar-refractivity contribution in [3.8, 4) is 0 Å². The molecule has 3 aliphatic heterocycles. The number of nitrogens with zero attached hydrogens (tertiary/aromatic N) is 9. The Bertz CT molecular complexity index is 2430. The Labute approximate surface area is 430 Å². The van der Waals surface area contributed by atoms with Crippen molar-refractivity contribution >= 4 is 107 Å². The number of rotatable bonds is 8. The van der Waals surface area contributed by atoms with Gasteiger partial charge in [0, 0.05) is 76.4 Å². The molecule has 1 N–H and O–H groups in total. The van der Waals surface area contributed by atoms with Gasteiger partial charge >= 0.3 is 6.03 Å². The molecule has 340 valence electrons. The number of hydrogen-bond donors (Lipinski definition) is 1. The first-order valence-corrected chi connectivity index (χ1v) is 21.7. The van der Waals surface area contributed by atoms with Gasteiger partial charge in [-0.2, -0.15) is 39.8 Å². The zero-order valence-corrected chi connectivity index (χ0v) is 45.6. The molecule has 5 heterocycles. The van der Waals surface area contributed by atoms with E-state index in [2.05, 4.69) is 174 Å². The number of benzene rings is 4. The molecular formula is C47H47Br3Ir2N10O2-4. The van der Waals surface area contributed by atoms with Gasteiger partial charge in [0.1, 0.15) is 28.8 Å². The van der Waals surface area contributed by atoms with Crippen LogP contribution in [0.15, 0.2) is 108 Å². The SMILES string of the molecule is Br.CC1(C)NC(=O)N(Br)C1=O.CCc1c[c-]c(N2[CH-]N(c3ccc(CC)cc3)c3nccnc32)cc1.CCc1ccc(N2[CH-]N(c3[c-]cc(CC)c(Br)c3)c3nccnc32)cc1.[Ir].[Ir]. The predicted molar refractivity (Wildman–Crippen MR) is 259 cm³/mol. The molecule has 6 aromatic rings. The molecule has 0 aliphatic carbocycles. The molecule has 64 heavy (non-hydrogen) atoms. The maximum atomic E-state index is 11.0. The van der Waals surface area contributed by atoms with Gasteiger partial charge in [0.15, 0.2) is 0 Å². The summed E-state index contributed by atoms with van der Waals surface area (Å²) in [6, 6.07) is 33.8. The largest absolute Gasteiger partial charge is 0.477 e. The molecule has 12 nitrogen and oxygen atoms in total. The van der Waals surface area contributed by atoms with E-state index in [1.165, 1.54) is 22.3 Å². The molecule has 2 aromatic heterocycles. The monoisotopic (exact) mass is 1410 g/mol. The number of aromatic nitrogens is 4. The van der Waals surface area contributed by atoms with Crippen molar-refractivity contribution in [3.63, 3.8) is 0 Å². The third-order valence-electron chi connectivity index (χ3n) is 10.4. The van der Waals surface area contributed by atoms with E-state index < -0.39 is 11.6 Å². The van der Waals surface area contributed by atoms with E-state index in [-0.39, 0.29) is 63.1 Å². The molecule has 0 bridgehead atoms. The number of hydrogen-bond acceptors (Lipinski definition) is 10. The fourth-order valence-electron chi connectivity index (χ4n) is 6.71. The van der Waals surface area contributed by atoms with Crippen LogP contribution in [0.1, 0.15) is 63.8 Å². The minimum atomic E-state index is -0.763. The Morgan fingerprint density at radius 1 is 0.609 bits per heavy atom. The predicted octanol–water partition coefficient (Wildman–Crippen LogP) is 11.6. The van der Waals surface area contributed by atoms with Gasteiger partial charge < -0.3 is 24.9 Å². The summed E-state index contributed by atoms with van der Waals surface area (Å²) in [6.07, 6.45) is 10.9. The molecule has 3 aliphatic rings. The number of imide groups is 1. The van der Waals surface area contributed by atoms with E-state index in [0.29, 0.717) is 0 Å². The van der Waals surface area contributed by atoms with Gasteiger partial charge in [0.25, 0.3) is 5.91 Å². The van der Waals surface area contributed by atoms with E-state index in [1.54, 1.807) is 38.6 Å². The second kappa shape index (κ2) is 23.4. The number of anilines is 8. The maximum absolute atomic E-state index is 11.0. The molecule has 0 spiro atoms. The second-order valence-electron chi connectivity index (χ2n) is 14.8. The zero-order chi connectivity index (χ0) is 43.3. The molecule has 0 saturated carbocycles. The van der Waals surface area contributed by atoms with Crippen LogP contribution in [0.4, 0.5) is 50.8 Å². The molecule has 2 radical (unpaired) electrons. The third-order valence-corrected chi connectivity index (χ3v) is 11.8. The zero-order valence-electron chi connectivity index (χ0n) is 36.0. The van der Waals surface area contributed by atoms with Gasteiger partial charge in [-0.05, 0) is 62.1 Å². The van der Waals surface area contributed by atoms with E-state index in [9.17, 15) is 9.59 Å². The van der Waals surface area contributed by atoms with Crippen LogP contribution in [0.3, 0.4) is 0 Å². The van der Waals surface area contributed by atoms with Crippen molar-refractivity contribution < 1.29 is 49.8 Å². The van der Waals surface area contributed by atoms with Crippen LogP contribution >= 0.6 is 49.1 Å². The average molecular weight is 1410 g/mol. The Balaban J connectivity index is 0.000000223. The molecule has 9 rings (SSSR count). The minimum absolute atomic E-state index is 0. The van der Waals surface area contributed by atoms with Gasteiger partial charge in [-0.3, -0.25) is 4.79 Å². The summed E-state index contributed by atoms with van der Waals surface area (Å²) >= 11 is 6.48. The van der Waals surface area contributed by atoms with Crippen LogP contribution < -0.4 is 24.9 Å². The topological polar surface area (TPSA) is 114 Å². The molecule has 17 heteroatoms. The van der Waals surface area contributed by atoms with E-state index in [4.69, 9.17) is 0 Å². The summed E-state index contributed by atoms with van der Waals surface area (Å²) in [4.78, 5) is 48.2. The summed E-state index contributed by atoms with van der Waals surface area (Å²) in [5.74, 6) is 3.01. The van der Waals surface area contributed by atoms with E-state index >= 15 is 0 Å². The summed E-state index contributed by atoms with van der Waals surface area (Å²) < 4.78 is 1.98. The van der Waals surface area contributed by atoms with Crippen molar-refractivity contribution in [2.24, 2.45) is 0 Å². The van der Waals surface area contributed by atoms with Gasteiger partial charge in [-0.15, -0.1) is 59.4 Å². The Morgan fingerprint density at radius 3 is 1.38 bits per heavy atom. The number of carbonyl (C=O) groups excluding carboxylic acids is 2. The Hall–Kier alpha value is -4.08. The number of urea groups is 1. The van der Waals surface area contributed by atoms with Gasteiger partial charge in [0.05, 0.1) is 16.1 Å². The van der Waals surface area contributed by atoms with Gasteiger partial charge in [0.2, 0.25) is 0 Å². The number of fused-ring (bicyclic) bond motifs is 2. The van der Waals surface area contributed by atoms with Crippen molar-refractivity contribution in [1.29, 1.82) is 0 Å². The van der Waals surface area contributed by atoms with Crippen molar-refractivity contribution in [2.45, 2.75) is 72.8 Å². The average Bonchev–Trinajstić information content (AvgIpc) is 3.93. The number of aryl methyl sites for hydroxylation is 4. The summed E-state index contributed by atoms with van der Waals surface area (Å²) in [5.41, 5.74) is 8.42. The van der Waals surface area contributed by atoms with E-state index in [1.807, 2.05) is 35.3 Å². The van der Waals surface area contributed by atoms with Crippen molar-refractivity contribution in [1.82, 2.24) is 29.2 Å². The van der Waals surface area contributed by atoms with Crippen LogP contribution in [-0.4, -0.2) is 41.3 Å². The maximum Gasteiger partial charge on any atom is 0.335 e. The van der Waals surface area contributed by atoms with Crippen molar-refractivity contribution in [2.75, 3.05) is 19.6 Å².